The Hall–Kier alpha value is 0.204. The molecule has 45 valence electrons. The smallest absolute Gasteiger partial charge is 0 e. The number of nitrogens with two attached hydrogens (primary N) is 1. The van der Waals surface area contributed by atoms with Crippen LogP contribution in [-0.4, -0.2) is 12.6 Å². The van der Waals surface area contributed by atoms with Crippen LogP contribution in [0.4, 0.5) is 0 Å². The molecule has 0 aliphatic heterocycles. The second-order valence-electron chi connectivity index (χ2n) is 0.519. The van der Waals surface area contributed by atoms with Crippen molar-refractivity contribution >= 4 is 12.6 Å². The van der Waals surface area contributed by atoms with E-state index in [0.29, 0.717) is 0 Å². The number of hydrogen-bond donors (Lipinski definition) is 4. The first-order valence-corrected chi connectivity index (χ1v) is 1.54. The van der Waals surface area contributed by atoms with Crippen molar-refractivity contribution in [3.05, 3.63) is 0 Å². The van der Waals surface area contributed by atoms with E-state index >= 15 is 0 Å². The van der Waals surface area contributed by atoms with Crippen molar-refractivity contribution in [2.75, 3.05) is 0 Å². The van der Waals surface area contributed by atoms with Crippen molar-refractivity contribution in [3.63, 3.8) is 0 Å². The summed E-state index contributed by atoms with van der Waals surface area (Å²) in [7, 11) is 0. The van der Waals surface area contributed by atoms with Gasteiger partial charge in [-0.2, -0.15) is 6.92 Å². The van der Waals surface area contributed by atoms with Crippen LogP contribution in [0, 0.1) is 10.8 Å². The molecule has 0 unspecified atom stereocenters. The molecule has 0 aliphatic rings. The van der Waals surface area contributed by atoms with Crippen LogP contribution >= 0.6 is 0 Å². The van der Waals surface area contributed by atoms with E-state index in [1.807, 2.05) is 11.6 Å². The number of nitrogens with one attached hydrogen (secondary N) is 3. The fourth-order valence-electron chi connectivity index (χ4n) is 0. The summed E-state index contributed by atoms with van der Waals surface area (Å²) < 4.78 is 0. The molecule has 0 bridgehead atoms. The van der Waals surface area contributed by atoms with Gasteiger partial charge >= 0.3 is 0 Å². The Morgan fingerprint density at radius 2 is 1.62 bits per heavy atom. The molecule has 5 N–H and O–H groups in total. The van der Waals surface area contributed by atoms with Crippen LogP contribution in [-0.2, 0) is 32.7 Å². The molecule has 8 heavy (non-hydrogen) atoms. The van der Waals surface area contributed by atoms with Gasteiger partial charge in [0.05, 0.1) is 0 Å². The molecule has 0 aromatic rings. The van der Waals surface area contributed by atoms with Gasteiger partial charge in [0.15, 0.2) is 0 Å². The van der Waals surface area contributed by atoms with E-state index in [2.05, 4.69) is 5.84 Å². The van der Waals surface area contributed by atoms with Crippen molar-refractivity contribution in [2.45, 2.75) is 6.92 Å². The molecule has 0 atom stereocenters. The topological polar surface area (TPSA) is 85.8 Å². The average molecular weight is 189 g/mol. The minimum atomic E-state index is 0. The molecule has 0 fully saturated rings. The molecular weight excluding hydrogens is 181 g/mol. The van der Waals surface area contributed by atoms with E-state index in [1.54, 1.807) is 13.3 Å². The van der Waals surface area contributed by atoms with Crippen LogP contribution in [0.3, 0.4) is 0 Å². The molecule has 0 aliphatic carbocycles. The molecule has 1 radical (unpaired) electrons. The van der Waals surface area contributed by atoms with Crippen molar-refractivity contribution in [1.82, 2.24) is 5.43 Å². The molecular formula is C3H8N4Y-2. The molecule has 0 rings (SSSR count). The van der Waals surface area contributed by atoms with Crippen LogP contribution in [0.1, 0.15) is 6.92 Å². The van der Waals surface area contributed by atoms with Gasteiger partial charge in [-0.25, -0.2) is 0 Å². The van der Waals surface area contributed by atoms with Crippen LogP contribution in [0.25, 0.3) is 0 Å². The van der Waals surface area contributed by atoms with Crippen LogP contribution in [0.5, 0.6) is 0 Å². The van der Waals surface area contributed by atoms with E-state index in [0.717, 1.165) is 0 Å². The standard InChI is InChI=1S/C2H4N.CH4N3.Y/c1-2-3;2-1-4-3;/h3H,1H3;3H2,(H2,2,4);/q2*-1;. The maximum Gasteiger partial charge on any atom is 0 e. The molecule has 0 aromatic heterocycles. The molecule has 5 heteroatoms. The van der Waals surface area contributed by atoms with Crippen molar-refractivity contribution in [2.24, 2.45) is 5.84 Å². The van der Waals surface area contributed by atoms with E-state index in [4.69, 9.17) is 10.8 Å². The van der Waals surface area contributed by atoms with Crippen LogP contribution < -0.4 is 11.3 Å². The Morgan fingerprint density at radius 1 is 1.50 bits per heavy atom. The zero-order valence-corrected chi connectivity index (χ0v) is 7.49. The van der Waals surface area contributed by atoms with Gasteiger partial charge in [0.25, 0.3) is 0 Å². The molecule has 4 nitrogen and oxygen atoms in total. The monoisotopic (exact) mass is 189 g/mol. The van der Waals surface area contributed by atoms with Crippen molar-refractivity contribution < 1.29 is 32.7 Å². The third kappa shape index (κ3) is 116. The van der Waals surface area contributed by atoms with Gasteiger partial charge in [-0.1, -0.05) is 0 Å². The summed E-state index contributed by atoms with van der Waals surface area (Å²) in [6.45, 7) is 1.54. The van der Waals surface area contributed by atoms with E-state index in [1.165, 1.54) is 0 Å². The average Bonchev–Trinajstić information content (AvgIpc) is 1.69. The zero-order chi connectivity index (χ0) is 6.12. The summed E-state index contributed by atoms with van der Waals surface area (Å²) in [6, 6.07) is 0. The predicted molar refractivity (Wildman–Crippen MR) is 28.5 cm³/mol. The third-order valence-corrected chi connectivity index (χ3v) is 0.0722. The van der Waals surface area contributed by atoms with E-state index in [-0.39, 0.29) is 32.7 Å². The van der Waals surface area contributed by atoms with E-state index < -0.39 is 0 Å². The molecule has 0 saturated carbocycles. The SMILES string of the molecule is C[C-]=N.N=[C-]NN.[Y]. The molecule has 0 heterocycles. The maximum atomic E-state index is 5.97. The second-order valence-corrected chi connectivity index (χ2v) is 0.519. The summed E-state index contributed by atoms with van der Waals surface area (Å²) in [5, 5.41) is 11.9. The summed E-state index contributed by atoms with van der Waals surface area (Å²) in [5.41, 5.74) is 1.85. The molecule has 0 amide bonds. The largest absolute Gasteiger partial charge is 0.519 e. The first kappa shape index (κ1) is 15.7. The normalized spacial score (nSPS) is 4.25. The second kappa shape index (κ2) is 27.0. The van der Waals surface area contributed by atoms with Gasteiger partial charge in [0, 0.05) is 32.7 Å². The van der Waals surface area contributed by atoms with Crippen LogP contribution in [0.2, 0.25) is 0 Å². The number of rotatable bonds is 1. The molecule has 0 saturated heterocycles. The van der Waals surface area contributed by atoms with Crippen molar-refractivity contribution in [3.8, 4) is 0 Å². The maximum absolute atomic E-state index is 5.97. The summed E-state index contributed by atoms with van der Waals surface area (Å²) in [6.07, 6.45) is 3.71. The van der Waals surface area contributed by atoms with E-state index in [9.17, 15) is 0 Å². The minimum absolute atomic E-state index is 0. The zero-order valence-electron chi connectivity index (χ0n) is 4.65. The minimum Gasteiger partial charge on any atom is -0.519 e. The van der Waals surface area contributed by atoms with Gasteiger partial charge < -0.3 is 22.5 Å². The fourth-order valence-corrected chi connectivity index (χ4v) is 0. The first-order valence-electron chi connectivity index (χ1n) is 1.54. The Labute approximate surface area is 74.1 Å². The van der Waals surface area contributed by atoms with Gasteiger partial charge in [-0.3, -0.25) is 12.2 Å². The van der Waals surface area contributed by atoms with Gasteiger partial charge in [0.1, 0.15) is 0 Å². The first-order chi connectivity index (χ1) is 3.33. The Kier molecular flexibility index (Phi) is 53.1. The van der Waals surface area contributed by atoms with Crippen LogP contribution in [0.15, 0.2) is 0 Å². The van der Waals surface area contributed by atoms with Gasteiger partial charge in [-0.15, -0.1) is 0 Å². The summed E-state index contributed by atoms with van der Waals surface area (Å²) in [4.78, 5) is 0. The number of hydrogen-bond acceptors (Lipinski definition) is 3. The van der Waals surface area contributed by atoms with Crippen molar-refractivity contribution in [1.29, 1.82) is 10.8 Å². The Balaban J connectivity index is -0.0000000575. The Morgan fingerprint density at radius 3 is 1.62 bits per heavy atom. The van der Waals surface area contributed by atoms with Gasteiger partial charge in [0.2, 0.25) is 0 Å². The summed E-state index contributed by atoms with van der Waals surface area (Å²) in [5.74, 6) is 4.48. The van der Waals surface area contributed by atoms with Gasteiger partial charge in [-0.05, 0) is 0 Å². The third-order valence-electron chi connectivity index (χ3n) is 0.0722. The molecule has 0 spiro atoms. The number of hydrazine groups is 1. The summed E-state index contributed by atoms with van der Waals surface area (Å²) >= 11 is 0. The predicted octanol–water partition coefficient (Wildman–Crippen LogP) is -0.536. The molecule has 0 aromatic carbocycles. The quantitative estimate of drug-likeness (QED) is 0.111. The Bertz CT molecular complexity index is 46.5. The fraction of sp³-hybridized carbons (Fsp3) is 0.333.